The molecule has 2 aromatic carbocycles. The third-order valence-electron chi connectivity index (χ3n) is 2.84. The zero-order valence-electron chi connectivity index (χ0n) is 11.2. The summed E-state index contributed by atoms with van der Waals surface area (Å²) in [5, 5.41) is 12.4. The number of nitrogens with zero attached hydrogens (tertiary/aromatic N) is 1. The van der Waals surface area contributed by atoms with E-state index in [1.807, 2.05) is 36.4 Å². The van der Waals surface area contributed by atoms with Crippen molar-refractivity contribution in [2.75, 3.05) is 0 Å². The van der Waals surface area contributed by atoms with Crippen LogP contribution >= 0.6 is 11.6 Å². The first-order chi connectivity index (χ1) is 10.2. The molecule has 0 aliphatic carbocycles. The highest BCUT2D eigenvalue weighted by atomic mass is 35.5. The Morgan fingerprint density at radius 3 is 2.43 bits per heavy atom. The Kier molecular flexibility index (Phi) is 5.14. The third kappa shape index (κ3) is 4.48. The predicted octanol–water partition coefficient (Wildman–Crippen LogP) is 3.56. The topological polar surface area (TPSA) is 52.9 Å². The van der Waals surface area contributed by atoms with Gasteiger partial charge in [0.2, 0.25) is 0 Å². The fourth-order valence-electron chi connectivity index (χ4n) is 1.75. The van der Waals surface area contributed by atoms with Gasteiger partial charge in [0, 0.05) is 11.6 Å². The molecule has 0 aliphatic rings. The van der Waals surface area contributed by atoms with E-state index in [4.69, 9.17) is 16.9 Å². The molecule has 4 heteroatoms. The van der Waals surface area contributed by atoms with Crippen LogP contribution in [0.5, 0.6) is 0 Å². The van der Waals surface area contributed by atoms with Crippen LogP contribution in [0.15, 0.2) is 60.2 Å². The number of rotatable bonds is 4. The summed E-state index contributed by atoms with van der Waals surface area (Å²) in [5.41, 5.74) is 1.80. The molecule has 0 saturated heterocycles. The number of nitrogens with one attached hydrogen (secondary N) is 1. The molecule has 104 valence electrons. The lowest BCUT2D eigenvalue weighted by atomic mass is 10.1. The van der Waals surface area contributed by atoms with Gasteiger partial charge in [-0.15, -0.1) is 0 Å². The first-order valence-corrected chi connectivity index (χ1v) is 6.76. The second-order valence-electron chi connectivity index (χ2n) is 4.39. The summed E-state index contributed by atoms with van der Waals surface area (Å²) in [4.78, 5) is 12.0. The van der Waals surface area contributed by atoms with Gasteiger partial charge >= 0.3 is 0 Å². The highest BCUT2D eigenvalue weighted by Gasteiger charge is 2.08. The van der Waals surface area contributed by atoms with Gasteiger partial charge in [-0.3, -0.25) is 4.79 Å². The van der Waals surface area contributed by atoms with Crippen molar-refractivity contribution in [2.45, 2.75) is 6.54 Å². The maximum Gasteiger partial charge on any atom is 0.262 e. The lowest BCUT2D eigenvalue weighted by Gasteiger charge is -2.04. The lowest BCUT2D eigenvalue weighted by molar-refractivity contribution is -0.117. The number of carbonyl (C=O) groups is 1. The van der Waals surface area contributed by atoms with Gasteiger partial charge in [-0.1, -0.05) is 54.1 Å². The van der Waals surface area contributed by atoms with Crippen molar-refractivity contribution in [1.29, 1.82) is 5.26 Å². The van der Waals surface area contributed by atoms with E-state index in [2.05, 4.69) is 5.32 Å². The molecule has 2 aromatic rings. The van der Waals surface area contributed by atoms with Crippen LogP contribution in [0, 0.1) is 11.3 Å². The average Bonchev–Trinajstić information content (AvgIpc) is 2.53. The summed E-state index contributed by atoms with van der Waals surface area (Å²) >= 11 is 5.80. The van der Waals surface area contributed by atoms with Crippen molar-refractivity contribution in [1.82, 2.24) is 5.32 Å². The standard InChI is InChI=1S/C17H13ClN2O/c18-16-8-6-13(7-9-16)10-15(11-19)17(21)20-12-14-4-2-1-3-5-14/h1-10H,12H2,(H,20,21). The van der Waals surface area contributed by atoms with Gasteiger partial charge in [-0.25, -0.2) is 0 Å². The van der Waals surface area contributed by atoms with Gasteiger partial charge in [0.25, 0.3) is 5.91 Å². The van der Waals surface area contributed by atoms with Gasteiger partial charge in [0.05, 0.1) is 0 Å². The van der Waals surface area contributed by atoms with E-state index < -0.39 is 5.91 Å². The first kappa shape index (κ1) is 14.8. The van der Waals surface area contributed by atoms with Crippen molar-refractivity contribution in [3.05, 3.63) is 76.3 Å². The van der Waals surface area contributed by atoms with Crippen LogP contribution in [0.4, 0.5) is 0 Å². The van der Waals surface area contributed by atoms with Crippen molar-refractivity contribution in [3.63, 3.8) is 0 Å². The van der Waals surface area contributed by atoms with E-state index >= 15 is 0 Å². The van der Waals surface area contributed by atoms with Gasteiger partial charge in [-0.2, -0.15) is 5.26 Å². The van der Waals surface area contributed by atoms with Gasteiger partial charge in [0.1, 0.15) is 11.6 Å². The molecule has 0 atom stereocenters. The molecule has 0 bridgehead atoms. The third-order valence-corrected chi connectivity index (χ3v) is 3.09. The minimum atomic E-state index is -0.392. The van der Waals surface area contributed by atoms with E-state index in [-0.39, 0.29) is 5.57 Å². The Morgan fingerprint density at radius 1 is 1.14 bits per heavy atom. The van der Waals surface area contributed by atoms with E-state index in [0.29, 0.717) is 11.6 Å². The van der Waals surface area contributed by atoms with Crippen molar-refractivity contribution in [3.8, 4) is 6.07 Å². The second kappa shape index (κ2) is 7.28. The highest BCUT2D eigenvalue weighted by Crippen LogP contribution is 2.12. The molecule has 3 nitrogen and oxygen atoms in total. The molecule has 0 saturated carbocycles. The van der Waals surface area contributed by atoms with Crippen LogP contribution in [0.1, 0.15) is 11.1 Å². The van der Waals surface area contributed by atoms with Crippen LogP contribution < -0.4 is 5.32 Å². The van der Waals surface area contributed by atoms with Crippen LogP contribution in [0.3, 0.4) is 0 Å². The normalized spacial score (nSPS) is 10.8. The Bertz CT molecular complexity index is 685. The highest BCUT2D eigenvalue weighted by molar-refractivity contribution is 6.30. The van der Waals surface area contributed by atoms with E-state index in [9.17, 15) is 4.79 Å². The summed E-state index contributed by atoms with van der Waals surface area (Å²) in [7, 11) is 0. The number of benzene rings is 2. The second-order valence-corrected chi connectivity index (χ2v) is 4.83. The number of nitriles is 1. The number of hydrogen-bond donors (Lipinski definition) is 1. The molecule has 0 aromatic heterocycles. The van der Waals surface area contributed by atoms with Crippen LogP contribution in [0.2, 0.25) is 5.02 Å². The molecule has 0 heterocycles. The summed E-state index contributed by atoms with van der Waals surface area (Å²) in [6.45, 7) is 0.388. The van der Waals surface area contributed by atoms with Crippen molar-refractivity contribution < 1.29 is 4.79 Å². The SMILES string of the molecule is N#CC(=Cc1ccc(Cl)cc1)C(=O)NCc1ccccc1. The number of carbonyl (C=O) groups excluding carboxylic acids is 1. The minimum Gasteiger partial charge on any atom is -0.347 e. The first-order valence-electron chi connectivity index (χ1n) is 6.38. The Balaban J connectivity index is 2.05. The van der Waals surface area contributed by atoms with E-state index in [0.717, 1.165) is 11.1 Å². The molecule has 0 radical (unpaired) electrons. The van der Waals surface area contributed by atoms with E-state index in [1.54, 1.807) is 24.3 Å². The quantitative estimate of drug-likeness (QED) is 0.693. The summed E-state index contributed by atoms with van der Waals surface area (Å²) in [6, 6.07) is 18.4. The van der Waals surface area contributed by atoms with Crippen LogP contribution in [0.25, 0.3) is 6.08 Å². The molecule has 1 N–H and O–H groups in total. The zero-order chi connectivity index (χ0) is 15.1. The zero-order valence-corrected chi connectivity index (χ0v) is 12.0. The number of hydrogen-bond acceptors (Lipinski definition) is 2. The number of amides is 1. The monoisotopic (exact) mass is 296 g/mol. The summed E-state index contributed by atoms with van der Waals surface area (Å²) in [6.07, 6.45) is 1.54. The molecule has 0 aliphatic heterocycles. The minimum absolute atomic E-state index is 0.0632. The fourth-order valence-corrected chi connectivity index (χ4v) is 1.87. The lowest BCUT2D eigenvalue weighted by Crippen LogP contribution is -2.23. The largest absolute Gasteiger partial charge is 0.347 e. The molecule has 0 unspecified atom stereocenters. The Morgan fingerprint density at radius 2 is 1.81 bits per heavy atom. The smallest absolute Gasteiger partial charge is 0.262 e. The molecular formula is C17H13ClN2O. The van der Waals surface area contributed by atoms with Gasteiger partial charge in [0.15, 0.2) is 0 Å². The van der Waals surface area contributed by atoms with Crippen molar-refractivity contribution in [2.24, 2.45) is 0 Å². The molecular weight excluding hydrogens is 284 g/mol. The maximum atomic E-state index is 12.0. The summed E-state index contributed by atoms with van der Waals surface area (Å²) < 4.78 is 0. The molecule has 0 fully saturated rings. The molecule has 2 rings (SSSR count). The predicted molar refractivity (Wildman–Crippen MR) is 83.3 cm³/mol. The van der Waals surface area contributed by atoms with E-state index in [1.165, 1.54) is 6.08 Å². The fraction of sp³-hybridized carbons (Fsp3) is 0.0588. The van der Waals surface area contributed by atoms with Crippen LogP contribution in [-0.2, 0) is 11.3 Å². The van der Waals surface area contributed by atoms with Gasteiger partial charge < -0.3 is 5.32 Å². The van der Waals surface area contributed by atoms with Crippen molar-refractivity contribution >= 4 is 23.6 Å². The average molecular weight is 297 g/mol. The summed E-state index contributed by atoms with van der Waals surface area (Å²) in [5.74, 6) is -0.392. The van der Waals surface area contributed by atoms with Crippen LogP contribution in [-0.4, -0.2) is 5.91 Å². The maximum absolute atomic E-state index is 12.0. The number of halogens is 1. The molecule has 1 amide bonds. The Hall–Kier alpha value is -2.57. The van der Waals surface area contributed by atoms with Gasteiger partial charge in [-0.05, 0) is 29.3 Å². The molecule has 0 spiro atoms. The Labute approximate surface area is 128 Å². The molecule has 21 heavy (non-hydrogen) atoms.